The second kappa shape index (κ2) is 5.09. The molecule has 7 nitrogen and oxygen atoms in total. The van der Waals surface area contributed by atoms with E-state index in [1.807, 2.05) is 4.90 Å². The second-order valence-corrected chi connectivity index (χ2v) is 6.13. The lowest BCUT2D eigenvalue weighted by atomic mass is 10.3. The first-order valence-electron chi connectivity index (χ1n) is 5.07. The SMILES string of the molecule is CN(C)S(=O)(=O)N1CCN(CC(=N)N)CC1. The van der Waals surface area contributed by atoms with E-state index < -0.39 is 10.2 Å². The first kappa shape index (κ1) is 13.4. The van der Waals surface area contributed by atoms with Crippen LogP contribution in [0.5, 0.6) is 0 Å². The van der Waals surface area contributed by atoms with Crippen molar-refractivity contribution in [3.05, 3.63) is 0 Å². The number of rotatable bonds is 4. The van der Waals surface area contributed by atoms with Crippen LogP contribution in [-0.2, 0) is 10.2 Å². The van der Waals surface area contributed by atoms with Crippen LogP contribution in [-0.4, -0.2) is 74.6 Å². The van der Waals surface area contributed by atoms with Crippen molar-refractivity contribution in [2.24, 2.45) is 5.73 Å². The Morgan fingerprint density at radius 3 is 2.19 bits per heavy atom. The zero-order chi connectivity index (χ0) is 12.3. The fraction of sp³-hybridized carbons (Fsp3) is 0.875. The van der Waals surface area contributed by atoms with Gasteiger partial charge in [-0.05, 0) is 0 Å². The topological polar surface area (TPSA) is 93.7 Å². The van der Waals surface area contributed by atoms with E-state index in [0.29, 0.717) is 32.7 Å². The van der Waals surface area contributed by atoms with Crippen molar-refractivity contribution < 1.29 is 8.42 Å². The first-order valence-corrected chi connectivity index (χ1v) is 6.46. The first-order chi connectivity index (χ1) is 7.34. The summed E-state index contributed by atoms with van der Waals surface area (Å²) in [5.41, 5.74) is 5.29. The molecule has 1 heterocycles. The Morgan fingerprint density at radius 1 is 1.31 bits per heavy atom. The van der Waals surface area contributed by atoms with Crippen LogP contribution < -0.4 is 5.73 Å². The van der Waals surface area contributed by atoms with Gasteiger partial charge in [0, 0.05) is 40.3 Å². The van der Waals surface area contributed by atoms with Crippen LogP contribution in [0.4, 0.5) is 0 Å². The minimum absolute atomic E-state index is 0.115. The molecule has 16 heavy (non-hydrogen) atoms. The Kier molecular flexibility index (Phi) is 4.25. The van der Waals surface area contributed by atoms with Gasteiger partial charge in [0.15, 0.2) is 0 Å². The Labute approximate surface area is 96.5 Å². The molecule has 0 bridgehead atoms. The molecule has 1 aliphatic heterocycles. The normalized spacial score (nSPS) is 20.2. The third-order valence-corrected chi connectivity index (χ3v) is 4.45. The monoisotopic (exact) mass is 249 g/mol. The summed E-state index contributed by atoms with van der Waals surface area (Å²) in [4.78, 5) is 1.98. The van der Waals surface area contributed by atoms with E-state index >= 15 is 0 Å². The number of hydrogen-bond donors (Lipinski definition) is 2. The molecule has 1 saturated heterocycles. The van der Waals surface area contributed by atoms with Gasteiger partial charge in [-0.25, -0.2) is 0 Å². The molecular weight excluding hydrogens is 230 g/mol. The van der Waals surface area contributed by atoms with Crippen LogP contribution in [0.2, 0.25) is 0 Å². The lowest BCUT2D eigenvalue weighted by Gasteiger charge is -2.34. The fourth-order valence-corrected chi connectivity index (χ4v) is 2.68. The van der Waals surface area contributed by atoms with Crippen molar-refractivity contribution in [3.8, 4) is 0 Å². The van der Waals surface area contributed by atoms with Gasteiger partial charge in [0.1, 0.15) is 5.84 Å². The van der Waals surface area contributed by atoms with Crippen LogP contribution in [0.15, 0.2) is 0 Å². The number of nitrogens with zero attached hydrogens (tertiary/aromatic N) is 3. The maximum atomic E-state index is 11.8. The zero-order valence-electron chi connectivity index (χ0n) is 9.68. The average molecular weight is 249 g/mol. The minimum atomic E-state index is -3.30. The van der Waals surface area contributed by atoms with Crippen LogP contribution in [0.1, 0.15) is 0 Å². The Morgan fingerprint density at radius 2 is 1.81 bits per heavy atom. The molecule has 0 atom stereocenters. The molecule has 0 radical (unpaired) electrons. The number of amidine groups is 1. The molecule has 0 aliphatic carbocycles. The predicted octanol–water partition coefficient (Wildman–Crippen LogP) is -1.65. The third kappa shape index (κ3) is 3.14. The Balaban J connectivity index is 2.52. The van der Waals surface area contributed by atoms with E-state index in [2.05, 4.69) is 0 Å². The van der Waals surface area contributed by atoms with E-state index in [4.69, 9.17) is 11.1 Å². The smallest absolute Gasteiger partial charge is 0.281 e. The van der Waals surface area contributed by atoms with Gasteiger partial charge in [0.05, 0.1) is 6.54 Å². The molecule has 0 aromatic rings. The van der Waals surface area contributed by atoms with Gasteiger partial charge in [0.2, 0.25) is 0 Å². The van der Waals surface area contributed by atoms with Crippen molar-refractivity contribution in [1.29, 1.82) is 5.41 Å². The molecule has 3 N–H and O–H groups in total. The zero-order valence-corrected chi connectivity index (χ0v) is 10.5. The minimum Gasteiger partial charge on any atom is -0.387 e. The Bertz CT molecular complexity index is 345. The summed E-state index contributed by atoms with van der Waals surface area (Å²) >= 11 is 0. The fourth-order valence-electron chi connectivity index (χ4n) is 1.59. The molecule has 0 aromatic carbocycles. The van der Waals surface area contributed by atoms with Crippen LogP contribution in [0.3, 0.4) is 0 Å². The standard InChI is InChI=1S/C8H19N5O2S/c1-11(2)16(14,15)13-5-3-12(4-6-13)7-8(9)10/h3-7H2,1-2H3,(H3,9,10). The molecule has 1 fully saturated rings. The van der Waals surface area contributed by atoms with Crippen LogP contribution in [0.25, 0.3) is 0 Å². The summed E-state index contributed by atoms with van der Waals surface area (Å²) in [5.74, 6) is 0.115. The van der Waals surface area contributed by atoms with Crippen LogP contribution >= 0.6 is 0 Å². The highest BCUT2D eigenvalue weighted by Crippen LogP contribution is 2.08. The molecule has 94 valence electrons. The van der Waals surface area contributed by atoms with Crippen molar-refractivity contribution in [2.45, 2.75) is 0 Å². The van der Waals surface area contributed by atoms with E-state index in [1.165, 1.54) is 22.7 Å². The maximum Gasteiger partial charge on any atom is 0.281 e. The Hall–Kier alpha value is -0.700. The number of hydrogen-bond acceptors (Lipinski definition) is 4. The van der Waals surface area contributed by atoms with Crippen molar-refractivity contribution in [2.75, 3.05) is 46.8 Å². The average Bonchev–Trinajstić information content (AvgIpc) is 2.17. The molecule has 1 rings (SSSR count). The number of piperazine rings is 1. The summed E-state index contributed by atoms with van der Waals surface area (Å²) in [6, 6.07) is 0. The van der Waals surface area contributed by atoms with E-state index in [1.54, 1.807) is 0 Å². The molecular formula is C8H19N5O2S. The van der Waals surface area contributed by atoms with Crippen molar-refractivity contribution >= 4 is 16.0 Å². The second-order valence-electron chi connectivity index (χ2n) is 3.99. The summed E-state index contributed by atoms with van der Waals surface area (Å²) in [5, 5.41) is 7.17. The van der Waals surface area contributed by atoms with Crippen LogP contribution in [0, 0.1) is 5.41 Å². The van der Waals surface area contributed by atoms with Gasteiger partial charge in [-0.2, -0.15) is 17.0 Å². The number of nitrogens with one attached hydrogen (secondary N) is 1. The summed E-state index contributed by atoms with van der Waals surface area (Å²) in [6.45, 7) is 2.55. The van der Waals surface area contributed by atoms with Crippen molar-refractivity contribution in [1.82, 2.24) is 13.5 Å². The van der Waals surface area contributed by atoms with Gasteiger partial charge in [-0.3, -0.25) is 10.3 Å². The summed E-state index contributed by atoms with van der Waals surface area (Å²) < 4.78 is 26.2. The summed E-state index contributed by atoms with van der Waals surface area (Å²) in [6.07, 6.45) is 0. The molecule has 0 saturated carbocycles. The quantitative estimate of drug-likeness (QED) is 0.461. The van der Waals surface area contributed by atoms with E-state index in [9.17, 15) is 8.42 Å². The lowest BCUT2D eigenvalue weighted by Crippen LogP contribution is -2.52. The highest BCUT2D eigenvalue weighted by atomic mass is 32.2. The third-order valence-electron chi connectivity index (χ3n) is 2.51. The van der Waals surface area contributed by atoms with Gasteiger partial charge < -0.3 is 5.73 Å². The molecule has 0 aromatic heterocycles. The van der Waals surface area contributed by atoms with E-state index in [0.717, 1.165) is 0 Å². The van der Waals surface area contributed by atoms with Gasteiger partial charge in [0.25, 0.3) is 10.2 Å². The lowest BCUT2D eigenvalue weighted by molar-refractivity contribution is 0.203. The largest absolute Gasteiger partial charge is 0.387 e. The van der Waals surface area contributed by atoms with Gasteiger partial charge in [-0.1, -0.05) is 0 Å². The molecule has 0 spiro atoms. The van der Waals surface area contributed by atoms with Crippen molar-refractivity contribution in [3.63, 3.8) is 0 Å². The van der Waals surface area contributed by atoms with Gasteiger partial charge in [-0.15, -0.1) is 0 Å². The number of nitrogens with two attached hydrogens (primary N) is 1. The van der Waals surface area contributed by atoms with Gasteiger partial charge >= 0.3 is 0 Å². The predicted molar refractivity (Wildman–Crippen MR) is 62.5 cm³/mol. The van der Waals surface area contributed by atoms with E-state index in [-0.39, 0.29) is 5.84 Å². The molecule has 1 aliphatic rings. The molecule has 8 heteroatoms. The highest BCUT2D eigenvalue weighted by Gasteiger charge is 2.28. The maximum absolute atomic E-state index is 11.8. The molecule has 0 amide bonds. The highest BCUT2D eigenvalue weighted by molar-refractivity contribution is 7.86. The summed E-state index contributed by atoms with van der Waals surface area (Å²) in [7, 11) is -0.247. The molecule has 0 unspecified atom stereocenters.